The van der Waals surface area contributed by atoms with Gasteiger partial charge in [0, 0.05) is 17.7 Å². The quantitative estimate of drug-likeness (QED) is 0.187. The number of rotatable bonds is 6. The number of halogens is 3. The smallest absolute Gasteiger partial charge is 0.508 e. The van der Waals surface area contributed by atoms with E-state index in [1.54, 1.807) is 6.92 Å². The summed E-state index contributed by atoms with van der Waals surface area (Å²) in [5, 5.41) is 37.8. The van der Waals surface area contributed by atoms with Gasteiger partial charge in [-0.25, -0.2) is 10.4 Å². The van der Waals surface area contributed by atoms with E-state index in [2.05, 4.69) is 11.4 Å². The molecule has 7 nitrogen and oxygen atoms in total. The molecule has 164 valence electrons. The first-order valence-corrected chi connectivity index (χ1v) is 9.28. The first-order valence-electron chi connectivity index (χ1n) is 9.28. The van der Waals surface area contributed by atoms with Crippen LogP contribution in [0.25, 0.3) is 0 Å². The Balaban J connectivity index is 0.00000480. The van der Waals surface area contributed by atoms with Crippen molar-refractivity contribution in [3.63, 3.8) is 0 Å². The number of benzene rings is 1. The Kier molecular flexibility index (Phi) is 9.74. The van der Waals surface area contributed by atoms with Gasteiger partial charge in [-0.1, -0.05) is 18.6 Å². The SMILES string of the molecule is CC1(O)C[C-]=C(C(=N)CNC(=O)N(CCC(F)(F)F)C(=N)c2ccc(O)cc2)CC1.[Na+]. The molecule has 2 amide bonds. The van der Waals surface area contributed by atoms with Crippen LogP contribution in [0.2, 0.25) is 0 Å². The Morgan fingerprint density at radius 3 is 2.42 bits per heavy atom. The van der Waals surface area contributed by atoms with Gasteiger partial charge in [0.1, 0.15) is 11.6 Å². The van der Waals surface area contributed by atoms with Crippen molar-refractivity contribution in [3.05, 3.63) is 41.5 Å². The maximum Gasteiger partial charge on any atom is 1.00 e. The molecule has 5 N–H and O–H groups in total. The van der Waals surface area contributed by atoms with Gasteiger partial charge >= 0.3 is 41.8 Å². The zero-order valence-corrected chi connectivity index (χ0v) is 19.4. The average molecular weight is 448 g/mol. The third kappa shape index (κ3) is 8.64. The van der Waals surface area contributed by atoms with Gasteiger partial charge in [0.15, 0.2) is 0 Å². The van der Waals surface area contributed by atoms with Crippen molar-refractivity contribution >= 4 is 17.6 Å². The molecule has 2 rings (SSSR count). The minimum atomic E-state index is -4.51. The largest absolute Gasteiger partial charge is 1.00 e. The van der Waals surface area contributed by atoms with E-state index in [9.17, 15) is 28.2 Å². The van der Waals surface area contributed by atoms with Gasteiger partial charge in [-0.2, -0.15) is 13.2 Å². The molecule has 31 heavy (non-hydrogen) atoms. The number of aliphatic hydroxyl groups is 1. The van der Waals surface area contributed by atoms with E-state index >= 15 is 0 Å². The summed E-state index contributed by atoms with van der Waals surface area (Å²) in [5.41, 5.74) is -0.144. The van der Waals surface area contributed by atoms with Crippen LogP contribution in [-0.2, 0) is 0 Å². The fourth-order valence-electron chi connectivity index (χ4n) is 2.82. The topological polar surface area (TPSA) is 121 Å². The maximum atomic E-state index is 12.7. The van der Waals surface area contributed by atoms with Crippen LogP contribution in [0.15, 0.2) is 29.8 Å². The molecule has 11 heteroatoms. The summed E-state index contributed by atoms with van der Waals surface area (Å²) in [5.74, 6) is -0.537. The maximum absolute atomic E-state index is 12.7. The number of carbonyl (C=O) groups is 1. The summed E-state index contributed by atoms with van der Waals surface area (Å²) in [6, 6.07) is 4.23. The van der Waals surface area contributed by atoms with Crippen molar-refractivity contribution < 1.29 is 57.7 Å². The fourth-order valence-corrected chi connectivity index (χ4v) is 2.82. The van der Waals surface area contributed by atoms with E-state index in [1.165, 1.54) is 24.3 Å². The molecule has 0 heterocycles. The number of phenolic OH excluding ortho intramolecular Hbond substituents is 1. The summed E-state index contributed by atoms with van der Waals surface area (Å²) in [6.45, 7) is 0.657. The number of aromatic hydroxyl groups is 1. The fraction of sp³-hybridized carbons (Fsp3) is 0.450. The molecule has 0 radical (unpaired) electrons. The van der Waals surface area contributed by atoms with Gasteiger partial charge in [-0.15, -0.1) is 0 Å². The molecule has 0 aromatic heterocycles. The molecule has 1 aliphatic carbocycles. The minimum Gasteiger partial charge on any atom is -0.508 e. The van der Waals surface area contributed by atoms with Gasteiger partial charge in [0.05, 0.1) is 6.42 Å². The van der Waals surface area contributed by atoms with E-state index < -0.39 is 36.6 Å². The van der Waals surface area contributed by atoms with Crippen LogP contribution < -0.4 is 34.9 Å². The van der Waals surface area contributed by atoms with Crippen molar-refractivity contribution in [1.29, 1.82) is 10.8 Å². The molecule has 0 fully saturated rings. The second-order valence-electron chi connectivity index (χ2n) is 7.38. The van der Waals surface area contributed by atoms with Crippen molar-refractivity contribution in [1.82, 2.24) is 10.2 Å². The Morgan fingerprint density at radius 1 is 1.29 bits per heavy atom. The van der Waals surface area contributed by atoms with Crippen LogP contribution in [-0.4, -0.2) is 57.6 Å². The van der Waals surface area contributed by atoms with Gasteiger partial charge < -0.3 is 20.9 Å². The van der Waals surface area contributed by atoms with Gasteiger partial charge in [0.2, 0.25) is 0 Å². The summed E-state index contributed by atoms with van der Waals surface area (Å²) in [6.07, 6.45) is -1.79. The molecular formula is C20H24F3N4NaO3. The standard InChI is InChI=1S/C20H24F3N4O3.Na/c1-19(30)8-6-13(7-9-19)16(24)12-26-18(29)27(11-10-20(21,22)23)17(25)14-2-4-15(28)5-3-14;/h2-5,24-25,28,30H,6,8-12H2,1H3,(H,26,29);/q-1;+1. The number of phenols is 1. The van der Waals surface area contributed by atoms with E-state index in [4.69, 9.17) is 10.8 Å². The second-order valence-corrected chi connectivity index (χ2v) is 7.38. The van der Waals surface area contributed by atoms with Crippen molar-refractivity contribution in [3.8, 4) is 5.75 Å². The third-order valence-corrected chi connectivity index (χ3v) is 4.65. The first kappa shape index (κ1) is 27.2. The average Bonchev–Trinajstić information content (AvgIpc) is 2.65. The molecular weight excluding hydrogens is 424 g/mol. The predicted octanol–water partition coefficient (Wildman–Crippen LogP) is 0.370. The predicted molar refractivity (Wildman–Crippen MR) is 105 cm³/mol. The van der Waals surface area contributed by atoms with Gasteiger partial charge in [-0.3, -0.25) is 16.4 Å². The molecule has 0 bridgehead atoms. The monoisotopic (exact) mass is 448 g/mol. The number of amidine groups is 1. The van der Waals surface area contributed by atoms with E-state index in [-0.39, 0.29) is 59.5 Å². The number of carbonyl (C=O) groups excluding carboxylic acids is 1. The molecule has 1 aliphatic rings. The zero-order valence-electron chi connectivity index (χ0n) is 17.4. The van der Waals surface area contributed by atoms with Crippen LogP contribution in [0.1, 0.15) is 38.2 Å². The van der Waals surface area contributed by atoms with Crippen molar-refractivity contribution in [2.75, 3.05) is 13.1 Å². The van der Waals surface area contributed by atoms with Crippen LogP contribution in [0.5, 0.6) is 5.75 Å². The normalized spacial score (nSPS) is 18.4. The van der Waals surface area contributed by atoms with E-state index in [1.807, 2.05) is 0 Å². The van der Waals surface area contributed by atoms with E-state index in [0.29, 0.717) is 23.3 Å². The number of hydrogen-bond donors (Lipinski definition) is 5. The van der Waals surface area contributed by atoms with Crippen LogP contribution in [0.3, 0.4) is 0 Å². The molecule has 0 saturated carbocycles. The Morgan fingerprint density at radius 2 is 1.90 bits per heavy atom. The summed E-state index contributed by atoms with van der Waals surface area (Å²) in [7, 11) is 0. The molecule has 0 saturated heterocycles. The Hall–Kier alpha value is -1.88. The summed E-state index contributed by atoms with van der Waals surface area (Å²) >= 11 is 0. The van der Waals surface area contributed by atoms with Crippen LogP contribution in [0.4, 0.5) is 18.0 Å². The van der Waals surface area contributed by atoms with Gasteiger partial charge in [0.25, 0.3) is 0 Å². The number of hydrogen-bond acceptors (Lipinski definition) is 5. The molecule has 1 aromatic carbocycles. The van der Waals surface area contributed by atoms with Crippen LogP contribution in [0, 0.1) is 16.9 Å². The molecule has 1 atom stereocenters. The number of nitrogens with zero attached hydrogens (tertiary/aromatic N) is 1. The Bertz CT molecular complexity index is 839. The minimum absolute atomic E-state index is 0. The van der Waals surface area contributed by atoms with Crippen molar-refractivity contribution in [2.45, 2.75) is 44.4 Å². The number of alkyl halides is 3. The van der Waals surface area contributed by atoms with Gasteiger partial charge in [-0.05, 0) is 44.2 Å². The van der Waals surface area contributed by atoms with E-state index in [0.717, 1.165) is 0 Å². The molecule has 0 spiro atoms. The summed E-state index contributed by atoms with van der Waals surface area (Å²) in [4.78, 5) is 13.2. The second kappa shape index (κ2) is 11.1. The van der Waals surface area contributed by atoms with Crippen LogP contribution >= 0.6 is 0 Å². The number of nitrogens with one attached hydrogen (secondary N) is 3. The number of amides is 2. The molecule has 1 aromatic rings. The van der Waals surface area contributed by atoms with Crippen molar-refractivity contribution in [2.24, 2.45) is 0 Å². The molecule has 0 aliphatic heterocycles. The third-order valence-electron chi connectivity index (χ3n) is 4.65. The first-order chi connectivity index (χ1) is 13.9. The molecule has 1 unspecified atom stereocenters. The number of urea groups is 1. The zero-order chi connectivity index (χ0) is 22.5. The summed E-state index contributed by atoms with van der Waals surface area (Å²) < 4.78 is 38.1. The Labute approximate surface area is 200 Å².